The standard InChI is InChI=1S/C34H44O4/c35-33(27-13-23-11-25(27)31-21-7-5-19(9-21)29(23)31)37-15-17-1-2-18(4-3-17)16-38-34(36)28-14-24-12-26(28)32-22-8-6-20(10-22)30(24)32/h5-8,17-32H,1-4,9-16H2. The molecule has 9 aliphatic rings. The predicted octanol–water partition coefficient (Wildman–Crippen LogP) is 6.07. The molecule has 0 aromatic heterocycles. The first kappa shape index (κ1) is 23.2. The molecule has 4 heteroatoms. The SMILES string of the molecule is O=C(OCC1CCC(COC(=O)C2CC3CC2C2C4C=CC(C4)C32)CC1)C1CC2CC1C1C3C=CC(C3)C21. The van der Waals surface area contributed by atoms with Crippen LogP contribution in [0, 0.1) is 94.7 Å². The van der Waals surface area contributed by atoms with Gasteiger partial charge in [0.25, 0.3) is 0 Å². The highest BCUT2D eigenvalue weighted by Gasteiger charge is 2.63. The molecule has 0 spiro atoms. The largest absolute Gasteiger partial charge is 0.465 e. The summed E-state index contributed by atoms with van der Waals surface area (Å²) in [6, 6.07) is 0. The number of carbonyl (C=O) groups is 2. The van der Waals surface area contributed by atoms with Gasteiger partial charge in [-0.25, -0.2) is 0 Å². The molecule has 14 unspecified atom stereocenters. The second kappa shape index (κ2) is 8.46. The summed E-state index contributed by atoms with van der Waals surface area (Å²) >= 11 is 0. The van der Waals surface area contributed by atoms with Crippen LogP contribution in [0.3, 0.4) is 0 Å². The smallest absolute Gasteiger partial charge is 0.309 e. The van der Waals surface area contributed by atoms with Crippen molar-refractivity contribution in [1.82, 2.24) is 0 Å². The lowest BCUT2D eigenvalue weighted by atomic mass is 9.69. The van der Waals surface area contributed by atoms with E-state index in [-0.39, 0.29) is 23.8 Å². The van der Waals surface area contributed by atoms with E-state index in [1.54, 1.807) is 0 Å². The molecule has 0 saturated heterocycles. The van der Waals surface area contributed by atoms with Crippen molar-refractivity contribution in [3.63, 3.8) is 0 Å². The lowest BCUT2D eigenvalue weighted by Gasteiger charge is -2.36. The van der Waals surface area contributed by atoms with E-state index in [9.17, 15) is 9.59 Å². The van der Waals surface area contributed by atoms with Crippen LogP contribution in [0.2, 0.25) is 0 Å². The van der Waals surface area contributed by atoms with Gasteiger partial charge in [-0.1, -0.05) is 24.3 Å². The van der Waals surface area contributed by atoms with Crippen molar-refractivity contribution in [3.8, 4) is 0 Å². The zero-order valence-electron chi connectivity index (χ0n) is 22.7. The molecule has 7 saturated carbocycles. The average Bonchev–Trinajstić information content (AvgIpc) is 3.78. The molecule has 7 fully saturated rings. The average molecular weight is 517 g/mol. The minimum Gasteiger partial charge on any atom is -0.465 e. The summed E-state index contributed by atoms with van der Waals surface area (Å²) in [5.41, 5.74) is 0. The Kier molecular flexibility index (Phi) is 5.16. The summed E-state index contributed by atoms with van der Waals surface area (Å²) in [5.74, 6) is 10.6. The van der Waals surface area contributed by atoms with Gasteiger partial charge in [0, 0.05) is 0 Å². The summed E-state index contributed by atoms with van der Waals surface area (Å²) in [6.45, 7) is 1.20. The third-order valence-corrected chi connectivity index (χ3v) is 14.0. The molecule has 0 aromatic rings. The van der Waals surface area contributed by atoms with E-state index in [4.69, 9.17) is 9.47 Å². The van der Waals surface area contributed by atoms with Gasteiger partial charge in [0.1, 0.15) is 0 Å². The molecule has 9 aliphatic carbocycles. The molecular weight excluding hydrogens is 472 g/mol. The number of allylic oxidation sites excluding steroid dienone is 4. The second-order valence-electron chi connectivity index (χ2n) is 15.4. The van der Waals surface area contributed by atoms with E-state index < -0.39 is 0 Å². The first-order chi connectivity index (χ1) is 18.6. The maximum absolute atomic E-state index is 13.1. The fourth-order valence-corrected chi connectivity index (χ4v) is 12.8. The number of fused-ring (bicyclic) bond motifs is 18. The molecule has 0 aliphatic heterocycles. The lowest BCUT2D eigenvalue weighted by Crippen LogP contribution is -2.36. The molecule has 0 aromatic carbocycles. The van der Waals surface area contributed by atoms with Gasteiger partial charge < -0.3 is 9.47 Å². The van der Waals surface area contributed by atoms with Crippen LogP contribution in [-0.2, 0) is 19.1 Å². The first-order valence-corrected chi connectivity index (χ1v) is 16.3. The van der Waals surface area contributed by atoms with Gasteiger partial charge in [-0.2, -0.15) is 0 Å². The van der Waals surface area contributed by atoms with Crippen molar-refractivity contribution in [2.75, 3.05) is 13.2 Å². The molecular formula is C34H44O4. The third kappa shape index (κ3) is 3.27. The van der Waals surface area contributed by atoms with Crippen LogP contribution in [0.1, 0.15) is 64.2 Å². The number of rotatable bonds is 6. The van der Waals surface area contributed by atoms with E-state index in [1.807, 2.05) is 0 Å². The van der Waals surface area contributed by atoms with Gasteiger partial charge in [0.05, 0.1) is 25.0 Å². The molecule has 0 radical (unpaired) electrons. The topological polar surface area (TPSA) is 52.6 Å². The summed E-state index contributed by atoms with van der Waals surface area (Å²) in [5, 5.41) is 0. The first-order valence-electron chi connectivity index (χ1n) is 16.3. The number of ether oxygens (including phenoxy) is 2. The Labute approximate surface area is 227 Å². The van der Waals surface area contributed by atoms with Crippen molar-refractivity contribution in [2.24, 2.45) is 94.7 Å². The fourth-order valence-electron chi connectivity index (χ4n) is 12.8. The van der Waals surface area contributed by atoms with Gasteiger partial charge >= 0.3 is 11.9 Å². The van der Waals surface area contributed by atoms with Crippen LogP contribution in [0.15, 0.2) is 24.3 Å². The maximum Gasteiger partial charge on any atom is 0.309 e. The number of hydrogen-bond acceptors (Lipinski definition) is 4. The lowest BCUT2D eigenvalue weighted by molar-refractivity contribution is -0.155. The van der Waals surface area contributed by atoms with Crippen LogP contribution >= 0.6 is 0 Å². The van der Waals surface area contributed by atoms with Gasteiger partial charge in [-0.05, 0) is 147 Å². The van der Waals surface area contributed by atoms with E-state index >= 15 is 0 Å². The van der Waals surface area contributed by atoms with E-state index in [0.717, 1.165) is 97.7 Å². The van der Waals surface area contributed by atoms with Gasteiger partial charge in [0.2, 0.25) is 0 Å². The van der Waals surface area contributed by atoms with Crippen molar-refractivity contribution < 1.29 is 19.1 Å². The number of carbonyl (C=O) groups excluding carboxylic acids is 2. The molecule has 9 rings (SSSR count). The van der Waals surface area contributed by atoms with Gasteiger partial charge in [0.15, 0.2) is 0 Å². The van der Waals surface area contributed by atoms with Crippen molar-refractivity contribution in [3.05, 3.63) is 24.3 Å². The zero-order valence-corrected chi connectivity index (χ0v) is 22.7. The van der Waals surface area contributed by atoms with Crippen LogP contribution in [0.5, 0.6) is 0 Å². The third-order valence-electron chi connectivity index (χ3n) is 14.0. The second-order valence-corrected chi connectivity index (χ2v) is 15.4. The number of esters is 2. The fraction of sp³-hybridized carbons (Fsp3) is 0.824. The maximum atomic E-state index is 13.1. The minimum absolute atomic E-state index is 0.109. The highest BCUT2D eigenvalue weighted by Crippen LogP contribution is 2.68. The Morgan fingerprint density at radius 1 is 0.526 bits per heavy atom. The monoisotopic (exact) mass is 516 g/mol. The van der Waals surface area contributed by atoms with Crippen LogP contribution in [0.25, 0.3) is 0 Å². The molecule has 38 heavy (non-hydrogen) atoms. The predicted molar refractivity (Wildman–Crippen MR) is 142 cm³/mol. The molecule has 0 heterocycles. The number of hydrogen-bond donors (Lipinski definition) is 0. The van der Waals surface area contributed by atoms with Crippen molar-refractivity contribution in [2.45, 2.75) is 64.2 Å². The Morgan fingerprint density at radius 2 is 0.921 bits per heavy atom. The van der Waals surface area contributed by atoms with Crippen molar-refractivity contribution in [1.29, 1.82) is 0 Å². The van der Waals surface area contributed by atoms with E-state index in [1.165, 1.54) is 25.7 Å². The quantitative estimate of drug-likeness (QED) is 0.244. The Balaban J connectivity index is 0.722. The molecule has 14 atom stereocenters. The molecule has 204 valence electrons. The summed E-state index contributed by atoms with van der Waals surface area (Å²) in [6.07, 6.45) is 21.7. The minimum atomic E-state index is 0.109. The molecule has 4 nitrogen and oxygen atoms in total. The molecule has 8 bridgehead atoms. The normalized spacial score (nSPS) is 55.6. The molecule has 0 amide bonds. The highest BCUT2D eigenvalue weighted by molar-refractivity contribution is 5.74. The van der Waals surface area contributed by atoms with Gasteiger partial charge in [-0.3, -0.25) is 9.59 Å². The Bertz CT molecular complexity index is 984. The zero-order chi connectivity index (χ0) is 25.1. The Morgan fingerprint density at radius 3 is 1.34 bits per heavy atom. The molecule has 0 N–H and O–H groups in total. The van der Waals surface area contributed by atoms with Crippen LogP contribution < -0.4 is 0 Å². The summed E-state index contributed by atoms with van der Waals surface area (Å²) in [7, 11) is 0. The van der Waals surface area contributed by atoms with Crippen LogP contribution in [0.4, 0.5) is 0 Å². The van der Waals surface area contributed by atoms with E-state index in [2.05, 4.69) is 24.3 Å². The summed E-state index contributed by atoms with van der Waals surface area (Å²) in [4.78, 5) is 26.2. The van der Waals surface area contributed by atoms with Crippen molar-refractivity contribution >= 4 is 11.9 Å². The highest BCUT2D eigenvalue weighted by atomic mass is 16.5. The van der Waals surface area contributed by atoms with E-state index in [0.29, 0.717) is 36.9 Å². The Hall–Kier alpha value is -1.58. The summed E-state index contributed by atoms with van der Waals surface area (Å²) < 4.78 is 12.0. The van der Waals surface area contributed by atoms with Gasteiger partial charge in [-0.15, -0.1) is 0 Å². The van der Waals surface area contributed by atoms with Crippen LogP contribution in [-0.4, -0.2) is 25.2 Å².